The summed E-state index contributed by atoms with van der Waals surface area (Å²) in [7, 11) is -3.23. The molecule has 0 aromatic carbocycles. The molecule has 0 atom stereocenters. The van der Waals surface area contributed by atoms with Crippen molar-refractivity contribution in [3.8, 4) is 0 Å². The first kappa shape index (κ1) is 13.1. The van der Waals surface area contributed by atoms with Gasteiger partial charge in [-0.1, -0.05) is 12.8 Å². The third kappa shape index (κ3) is 2.58. The minimum atomic E-state index is -3.23. The number of aryl methyl sites for hydroxylation is 1. The lowest BCUT2D eigenvalue weighted by Gasteiger charge is -2.08. The summed E-state index contributed by atoms with van der Waals surface area (Å²) in [6, 6.07) is 1.31. The van der Waals surface area contributed by atoms with Gasteiger partial charge in [-0.3, -0.25) is 0 Å². The molecule has 0 amide bonds. The fraction of sp³-hybridized carbons (Fsp3) is 0.583. The Morgan fingerprint density at radius 2 is 2.06 bits per heavy atom. The van der Waals surface area contributed by atoms with E-state index in [0.29, 0.717) is 12.8 Å². The summed E-state index contributed by atoms with van der Waals surface area (Å²) in [5.74, 6) is -0.831. The van der Waals surface area contributed by atoms with Crippen molar-refractivity contribution < 1.29 is 22.7 Å². The van der Waals surface area contributed by atoms with E-state index in [1.54, 1.807) is 0 Å². The molecule has 1 saturated carbocycles. The van der Waals surface area contributed by atoms with Crippen LogP contribution in [0, 0.1) is 6.92 Å². The molecular weight excluding hydrogens is 256 g/mol. The lowest BCUT2D eigenvalue weighted by Crippen LogP contribution is -2.19. The van der Waals surface area contributed by atoms with Crippen LogP contribution in [-0.4, -0.2) is 24.7 Å². The number of rotatable bonds is 4. The molecule has 0 saturated heterocycles. The molecule has 1 aliphatic carbocycles. The van der Waals surface area contributed by atoms with E-state index >= 15 is 0 Å². The second-order valence-corrected chi connectivity index (χ2v) is 6.98. The van der Waals surface area contributed by atoms with Gasteiger partial charge in [-0.2, -0.15) is 0 Å². The molecule has 100 valence electrons. The molecular formula is C12H16O5S. The fourth-order valence-electron chi connectivity index (χ4n) is 2.39. The van der Waals surface area contributed by atoms with Gasteiger partial charge in [-0.15, -0.1) is 0 Å². The number of aromatic carboxylic acids is 1. The summed E-state index contributed by atoms with van der Waals surface area (Å²) in [5, 5.41) is 8.58. The van der Waals surface area contributed by atoms with Gasteiger partial charge in [0.2, 0.25) is 0 Å². The van der Waals surface area contributed by atoms with Crippen molar-refractivity contribution in [2.75, 3.05) is 0 Å². The highest BCUT2D eigenvalue weighted by Gasteiger charge is 2.30. The van der Waals surface area contributed by atoms with E-state index in [-0.39, 0.29) is 28.1 Å². The molecule has 1 heterocycles. The molecule has 1 aromatic rings. The number of furan rings is 1. The van der Waals surface area contributed by atoms with Gasteiger partial charge in [0.25, 0.3) is 0 Å². The molecule has 1 aliphatic rings. The van der Waals surface area contributed by atoms with Crippen LogP contribution in [0.5, 0.6) is 0 Å². The van der Waals surface area contributed by atoms with Crippen LogP contribution >= 0.6 is 0 Å². The lowest BCUT2D eigenvalue weighted by molar-refractivity contribution is 0.0695. The van der Waals surface area contributed by atoms with Crippen LogP contribution < -0.4 is 0 Å². The smallest absolute Gasteiger partial charge is 0.339 e. The maximum atomic E-state index is 12.1. The van der Waals surface area contributed by atoms with E-state index in [2.05, 4.69) is 0 Å². The molecule has 1 N–H and O–H groups in total. The van der Waals surface area contributed by atoms with Gasteiger partial charge in [0, 0.05) is 0 Å². The Hall–Kier alpha value is -1.30. The Morgan fingerprint density at radius 1 is 1.44 bits per heavy atom. The van der Waals surface area contributed by atoms with Crippen molar-refractivity contribution in [2.45, 2.75) is 43.6 Å². The molecule has 1 fully saturated rings. The normalized spacial score (nSPS) is 17.2. The summed E-state index contributed by atoms with van der Waals surface area (Å²) in [6.07, 6.45) is 3.30. The van der Waals surface area contributed by atoms with Crippen LogP contribution in [-0.2, 0) is 15.6 Å². The quantitative estimate of drug-likeness (QED) is 0.907. The predicted octanol–water partition coefficient (Wildman–Crippen LogP) is 2.14. The van der Waals surface area contributed by atoms with Gasteiger partial charge < -0.3 is 9.52 Å². The minimum Gasteiger partial charge on any atom is -0.478 e. The van der Waals surface area contributed by atoms with Gasteiger partial charge in [0.1, 0.15) is 22.8 Å². The maximum Gasteiger partial charge on any atom is 0.339 e. The summed E-state index contributed by atoms with van der Waals surface area (Å²) in [4.78, 5) is 10.8. The third-order valence-electron chi connectivity index (χ3n) is 3.35. The maximum absolute atomic E-state index is 12.1. The van der Waals surface area contributed by atoms with Gasteiger partial charge in [-0.25, -0.2) is 13.2 Å². The average Bonchev–Trinajstić information content (AvgIpc) is 2.86. The number of hydrogen-bond acceptors (Lipinski definition) is 4. The Morgan fingerprint density at radius 3 is 2.56 bits per heavy atom. The highest BCUT2D eigenvalue weighted by molar-refractivity contribution is 7.91. The van der Waals surface area contributed by atoms with Crippen molar-refractivity contribution in [2.24, 2.45) is 0 Å². The largest absolute Gasteiger partial charge is 0.478 e. The Balaban J connectivity index is 2.18. The predicted molar refractivity (Wildman–Crippen MR) is 65.3 cm³/mol. The molecule has 18 heavy (non-hydrogen) atoms. The van der Waals surface area contributed by atoms with E-state index in [9.17, 15) is 13.2 Å². The third-order valence-corrected chi connectivity index (χ3v) is 5.53. The summed E-state index contributed by atoms with van der Waals surface area (Å²) in [6.45, 7) is 1.52. The molecule has 1 aromatic heterocycles. The van der Waals surface area contributed by atoms with Crippen molar-refractivity contribution in [1.82, 2.24) is 0 Å². The molecule has 0 aliphatic heterocycles. The molecule has 0 spiro atoms. The van der Waals surface area contributed by atoms with Gasteiger partial charge >= 0.3 is 5.97 Å². The Labute approximate surface area is 106 Å². The van der Waals surface area contributed by atoms with Gasteiger partial charge in [0.05, 0.1) is 5.25 Å². The number of carboxylic acids is 1. The Kier molecular flexibility index (Phi) is 3.47. The molecule has 2 rings (SSSR count). The fourth-order valence-corrected chi connectivity index (χ4v) is 4.22. The molecule has 0 bridgehead atoms. The second kappa shape index (κ2) is 4.76. The van der Waals surface area contributed by atoms with Crippen LogP contribution in [0.1, 0.15) is 47.6 Å². The minimum absolute atomic E-state index is 0.0339. The lowest BCUT2D eigenvalue weighted by atomic mass is 10.2. The second-order valence-electron chi connectivity index (χ2n) is 4.70. The van der Waals surface area contributed by atoms with Crippen LogP contribution in [0.25, 0.3) is 0 Å². The van der Waals surface area contributed by atoms with E-state index in [1.165, 1.54) is 13.0 Å². The van der Waals surface area contributed by atoms with E-state index in [0.717, 1.165) is 12.8 Å². The Bertz CT molecular complexity index is 549. The summed E-state index contributed by atoms with van der Waals surface area (Å²) in [5.41, 5.74) is 0.0339. The molecule has 0 unspecified atom stereocenters. The van der Waals surface area contributed by atoms with Crippen molar-refractivity contribution in [3.05, 3.63) is 23.2 Å². The first-order valence-electron chi connectivity index (χ1n) is 5.94. The first-order chi connectivity index (χ1) is 8.40. The monoisotopic (exact) mass is 272 g/mol. The average molecular weight is 272 g/mol. The van der Waals surface area contributed by atoms with E-state index < -0.39 is 15.8 Å². The summed E-state index contributed by atoms with van der Waals surface area (Å²) < 4.78 is 29.4. The van der Waals surface area contributed by atoms with E-state index in [1.807, 2.05) is 0 Å². The van der Waals surface area contributed by atoms with Crippen LogP contribution in [0.2, 0.25) is 0 Å². The van der Waals surface area contributed by atoms with Crippen molar-refractivity contribution in [1.29, 1.82) is 0 Å². The first-order valence-corrected chi connectivity index (χ1v) is 7.66. The highest BCUT2D eigenvalue weighted by atomic mass is 32.2. The van der Waals surface area contributed by atoms with Gasteiger partial charge in [-0.05, 0) is 25.8 Å². The zero-order chi connectivity index (χ0) is 13.3. The SMILES string of the molecule is Cc1oc(CS(=O)(=O)C2CCCC2)cc1C(=O)O. The molecule has 0 radical (unpaired) electrons. The molecule has 6 heteroatoms. The highest BCUT2D eigenvalue weighted by Crippen LogP contribution is 2.28. The number of sulfone groups is 1. The van der Waals surface area contributed by atoms with Gasteiger partial charge in [0.15, 0.2) is 9.84 Å². The summed E-state index contributed by atoms with van der Waals surface area (Å²) >= 11 is 0. The van der Waals surface area contributed by atoms with E-state index in [4.69, 9.17) is 9.52 Å². The van der Waals surface area contributed by atoms with Crippen LogP contribution in [0.15, 0.2) is 10.5 Å². The van der Waals surface area contributed by atoms with Crippen LogP contribution in [0.3, 0.4) is 0 Å². The number of carboxylic acid groups (broad SMARTS) is 1. The standard InChI is InChI=1S/C12H16O5S/c1-8-11(12(13)14)6-9(17-8)7-18(15,16)10-4-2-3-5-10/h6,10H,2-5,7H2,1H3,(H,13,14). The number of carbonyl (C=O) groups is 1. The van der Waals surface area contributed by atoms with Crippen molar-refractivity contribution >= 4 is 15.8 Å². The van der Waals surface area contributed by atoms with Crippen molar-refractivity contribution in [3.63, 3.8) is 0 Å². The molecule has 5 nitrogen and oxygen atoms in total. The zero-order valence-electron chi connectivity index (χ0n) is 10.2. The zero-order valence-corrected chi connectivity index (χ0v) is 11.0. The van der Waals surface area contributed by atoms with Crippen LogP contribution in [0.4, 0.5) is 0 Å². The number of hydrogen-bond donors (Lipinski definition) is 1. The topological polar surface area (TPSA) is 84.6 Å².